The molecule has 1 unspecified atom stereocenters. The average molecular weight is 266 g/mol. The van der Waals surface area contributed by atoms with E-state index in [4.69, 9.17) is 5.11 Å². The van der Waals surface area contributed by atoms with Crippen molar-refractivity contribution in [3.63, 3.8) is 0 Å². The molecule has 0 bridgehead atoms. The Balaban J connectivity index is 2.78. The van der Waals surface area contributed by atoms with Gasteiger partial charge in [-0.05, 0) is 18.6 Å². The molecular weight excluding hydrogens is 248 g/mol. The highest BCUT2D eigenvalue weighted by atomic mass is 16.5. The number of carbonyl (C=O) groups is 2. The molecule has 104 valence electrons. The van der Waals surface area contributed by atoms with E-state index in [-0.39, 0.29) is 12.5 Å². The molecule has 0 saturated carbocycles. The molecular formula is C13H18N2O4. The van der Waals surface area contributed by atoms with Gasteiger partial charge in [-0.2, -0.15) is 0 Å². The van der Waals surface area contributed by atoms with Crippen LogP contribution in [0.5, 0.6) is 0 Å². The Labute approximate surface area is 111 Å². The van der Waals surface area contributed by atoms with Crippen LogP contribution in [0.2, 0.25) is 0 Å². The van der Waals surface area contributed by atoms with E-state index in [0.29, 0.717) is 11.4 Å². The zero-order valence-corrected chi connectivity index (χ0v) is 11.0. The van der Waals surface area contributed by atoms with Crippen LogP contribution < -0.4 is 5.32 Å². The van der Waals surface area contributed by atoms with Crippen LogP contribution in [0, 0.1) is 0 Å². The van der Waals surface area contributed by atoms with Crippen LogP contribution in [-0.2, 0) is 9.53 Å². The van der Waals surface area contributed by atoms with Gasteiger partial charge in [0.2, 0.25) is 0 Å². The summed E-state index contributed by atoms with van der Waals surface area (Å²) in [6, 6.07) is 2.89. The van der Waals surface area contributed by atoms with Crippen LogP contribution in [0.1, 0.15) is 36.5 Å². The number of methoxy groups -OCH3 is 1. The molecule has 0 aromatic carbocycles. The summed E-state index contributed by atoms with van der Waals surface area (Å²) in [5.74, 6) is -0.839. The van der Waals surface area contributed by atoms with Gasteiger partial charge in [0.25, 0.3) is 0 Å². The van der Waals surface area contributed by atoms with E-state index >= 15 is 0 Å². The van der Waals surface area contributed by atoms with Gasteiger partial charge in [0.15, 0.2) is 0 Å². The number of esters is 1. The lowest BCUT2D eigenvalue weighted by atomic mass is 10.1. The molecule has 1 aromatic heterocycles. The van der Waals surface area contributed by atoms with Gasteiger partial charge in [-0.3, -0.25) is 4.79 Å². The standard InChI is InChI=1S/C13H18N2O4/c1-3-4-10(8-12(16)17)15-11-7-9(5-6-14-11)13(18)19-2/h5-7,10H,3-4,8H2,1-2H3,(H,14,15)(H,16,17). The normalized spacial score (nSPS) is 11.7. The first-order chi connectivity index (χ1) is 9.06. The van der Waals surface area contributed by atoms with Gasteiger partial charge in [-0.1, -0.05) is 13.3 Å². The minimum atomic E-state index is -0.866. The Morgan fingerprint density at radius 1 is 1.53 bits per heavy atom. The van der Waals surface area contributed by atoms with Crippen LogP contribution in [0.4, 0.5) is 5.82 Å². The fourth-order valence-electron chi connectivity index (χ4n) is 1.75. The first kappa shape index (κ1) is 14.9. The van der Waals surface area contributed by atoms with Crippen molar-refractivity contribution in [1.29, 1.82) is 0 Å². The number of nitrogens with zero attached hydrogens (tertiary/aromatic N) is 1. The number of ether oxygens (including phenoxy) is 1. The summed E-state index contributed by atoms with van der Waals surface area (Å²) >= 11 is 0. The fourth-order valence-corrected chi connectivity index (χ4v) is 1.75. The predicted octanol–water partition coefficient (Wildman–Crippen LogP) is 1.92. The second-order valence-corrected chi connectivity index (χ2v) is 4.15. The van der Waals surface area contributed by atoms with E-state index < -0.39 is 11.9 Å². The van der Waals surface area contributed by atoms with E-state index in [1.807, 2.05) is 6.92 Å². The largest absolute Gasteiger partial charge is 0.481 e. The summed E-state index contributed by atoms with van der Waals surface area (Å²) in [7, 11) is 1.31. The van der Waals surface area contributed by atoms with Gasteiger partial charge in [0.05, 0.1) is 19.1 Å². The third kappa shape index (κ3) is 4.95. The number of carboxylic acids is 1. The first-order valence-corrected chi connectivity index (χ1v) is 6.09. The minimum Gasteiger partial charge on any atom is -0.481 e. The first-order valence-electron chi connectivity index (χ1n) is 6.09. The topological polar surface area (TPSA) is 88.5 Å². The fraction of sp³-hybridized carbons (Fsp3) is 0.462. The molecule has 1 aromatic rings. The van der Waals surface area contributed by atoms with Crippen molar-refractivity contribution >= 4 is 17.8 Å². The maximum absolute atomic E-state index is 11.4. The second kappa shape index (κ2) is 7.35. The summed E-state index contributed by atoms with van der Waals surface area (Å²) in [5, 5.41) is 11.9. The molecule has 1 atom stereocenters. The highest BCUT2D eigenvalue weighted by Crippen LogP contribution is 2.13. The van der Waals surface area contributed by atoms with Crippen LogP contribution >= 0.6 is 0 Å². The molecule has 0 aliphatic rings. The van der Waals surface area contributed by atoms with E-state index in [1.54, 1.807) is 12.1 Å². The Morgan fingerprint density at radius 2 is 2.26 bits per heavy atom. The lowest BCUT2D eigenvalue weighted by Crippen LogP contribution is -2.23. The SMILES string of the molecule is CCCC(CC(=O)O)Nc1cc(C(=O)OC)ccn1. The zero-order valence-electron chi connectivity index (χ0n) is 11.0. The van der Waals surface area contributed by atoms with E-state index in [1.165, 1.54) is 13.3 Å². The lowest BCUT2D eigenvalue weighted by molar-refractivity contribution is -0.137. The number of nitrogens with one attached hydrogen (secondary N) is 1. The van der Waals surface area contributed by atoms with Gasteiger partial charge in [0, 0.05) is 12.2 Å². The van der Waals surface area contributed by atoms with Crippen molar-refractivity contribution < 1.29 is 19.4 Å². The average Bonchev–Trinajstić information content (AvgIpc) is 2.37. The highest BCUT2D eigenvalue weighted by Gasteiger charge is 2.14. The van der Waals surface area contributed by atoms with Crippen LogP contribution in [0.25, 0.3) is 0 Å². The van der Waals surface area contributed by atoms with Crippen molar-refractivity contribution in [2.45, 2.75) is 32.2 Å². The van der Waals surface area contributed by atoms with Crippen molar-refractivity contribution in [3.8, 4) is 0 Å². The van der Waals surface area contributed by atoms with Crippen molar-refractivity contribution in [2.24, 2.45) is 0 Å². The van der Waals surface area contributed by atoms with Crippen molar-refractivity contribution in [1.82, 2.24) is 4.98 Å². The summed E-state index contributed by atoms with van der Waals surface area (Å²) in [4.78, 5) is 26.2. The van der Waals surface area contributed by atoms with Gasteiger partial charge in [0.1, 0.15) is 5.82 Å². The molecule has 0 aliphatic carbocycles. The molecule has 0 saturated heterocycles. The second-order valence-electron chi connectivity index (χ2n) is 4.15. The maximum atomic E-state index is 11.4. The molecule has 19 heavy (non-hydrogen) atoms. The molecule has 0 fully saturated rings. The predicted molar refractivity (Wildman–Crippen MR) is 70.1 cm³/mol. The summed E-state index contributed by atoms with van der Waals surface area (Å²) in [6.45, 7) is 1.98. The molecule has 0 amide bonds. The molecule has 1 rings (SSSR count). The smallest absolute Gasteiger partial charge is 0.338 e. The zero-order chi connectivity index (χ0) is 14.3. The molecule has 0 spiro atoms. The monoisotopic (exact) mass is 266 g/mol. The lowest BCUT2D eigenvalue weighted by Gasteiger charge is -2.16. The number of anilines is 1. The number of rotatable bonds is 7. The summed E-state index contributed by atoms with van der Waals surface area (Å²) in [5.41, 5.74) is 0.380. The van der Waals surface area contributed by atoms with Gasteiger partial charge in [-0.25, -0.2) is 9.78 Å². The number of pyridine rings is 1. The Hall–Kier alpha value is -2.11. The number of hydrogen-bond donors (Lipinski definition) is 2. The minimum absolute atomic E-state index is 0.0119. The number of aromatic nitrogens is 1. The third-order valence-electron chi connectivity index (χ3n) is 2.59. The number of aliphatic carboxylic acids is 1. The van der Waals surface area contributed by atoms with Gasteiger partial charge < -0.3 is 15.2 Å². The third-order valence-corrected chi connectivity index (χ3v) is 2.59. The Kier molecular flexibility index (Phi) is 5.78. The molecule has 0 radical (unpaired) electrons. The van der Waals surface area contributed by atoms with E-state index in [0.717, 1.165) is 12.8 Å². The van der Waals surface area contributed by atoms with Crippen LogP contribution in [0.15, 0.2) is 18.3 Å². The number of hydrogen-bond acceptors (Lipinski definition) is 5. The van der Waals surface area contributed by atoms with Crippen LogP contribution in [-0.4, -0.2) is 35.2 Å². The highest BCUT2D eigenvalue weighted by molar-refractivity contribution is 5.90. The van der Waals surface area contributed by atoms with E-state index in [9.17, 15) is 9.59 Å². The Bertz CT molecular complexity index is 448. The van der Waals surface area contributed by atoms with E-state index in [2.05, 4.69) is 15.0 Å². The maximum Gasteiger partial charge on any atom is 0.338 e. The van der Waals surface area contributed by atoms with Gasteiger partial charge in [-0.15, -0.1) is 0 Å². The van der Waals surface area contributed by atoms with Crippen molar-refractivity contribution in [2.75, 3.05) is 12.4 Å². The molecule has 6 nitrogen and oxygen atoms in total. The molecule has 2 N–H and O–H groups in total. The molecule has 6 heteroatoms. The number of carboxylic acid groups (broad SMARTS) is 1. The molecule has 0 aliphatic heterocycles. The van der Waals surface area contributed by atoms with Crippen LogP contribution in [0.3, 0.4) is 0 Å². The summed E-state index contributed by atoms with van der Waals surface area (Å²) < 4.78 is 4.62. The van der Waals surface area contributed by atoms with Gasteiger partial charge >= 0.3 is 11.9 Å². The molecule has 1 heterocycles. The van der Waals surface area contributed by atoms with Crippen molar-refractivity contribution in [3.05, 3.63) is 23.9 Å². The number of carbonyl (C=O) groups excluding carboxylic acids is 1. The quantitative estimate of drug-likeness (QED) is 0.733. The Morgan fingerprint density at radius 3 is 2.84 bits per heavy atom. The summed E-state index contributed by atoms with van der Waals surface area (Å²) in [6.07, 6.45) is 3.08.